The molecule has 0 atom stereocenters. The van der Waals surface area contributed by atoms with Crippen LogP contribution in [0.15, 0.2) is 0 Å². The van der Waals surface area contributed by atoms with E-state index in [0.29, 0.717) is 5.41 Å². The maximum atomic E-state index is 9.64. The van der Waals surface area contributed by atoms with E-state index in [1.807, 2.05) is 0 Å². The normalized spacial score (nSPS) is 35.1. The van der Waals surface area contributed by atoms with Crippen LogP contribution in [-0.2, 0) is 0 Å². The summed E-state index contributed by atoms with van der Waals surface area (Å²) in [6.07, 6.45) is 11.6. The highest BCUT2D eigenvalue weighted by molar-refractivity contribution is 4.90. The molecular formula is C19H38O. The zero-order valence-electron chi connectivity index (χ0n) is 14.6. The first-order valence-electron chi connectivity index (χ1n) is 9.09. The van der Waals surface area contributed by atoms with E-state index < -0.39 is 0 Å². The van der Waals surface area contributed by atoms with Crippen molar-refractivity contribution in [1.82, 2.24) is 0 Å². The summed E-state index contributed by atoms with van der Waals surface area (Å²) in [5, 5.41) is 9.64. The highest BCUT2D eigenvalue weighted by atomic mass is 16.3. The van der Waals surface area contributed by atoms with Crippen molar-refractivity contribution < 1.29 is 5.11 Å². The van der Waals surface area contributed by atoms with Crippen LogP contribution < -0.4 is 0 Å². The van der Waals surface area contributed by atoms with Gasteiger partial charge in [-0.25, -0.2) is 0 Å². The number of rotatable bonds is 2. The van der Waals surface area contributed by atoms with Crippen molar-refractivity contribution in [1.29, 1.82) is 0 Å². The Labute approximate surface area is 127 Å². The molecule has 0 saturated heterocycles. The Morgan fingerprint density at radius 2 is 1.15 bits per heavy atom. The van der Waals surface area contributed by atoms with Crippen LogP contribution >= 0.6 is 0 Å². The molecule has 2 saturated carbocycles. The third-order valence-corrected chi connectivity index (χ3v) is 5.82. The topological polar surface area (TPSA) is 20.2 Å². The molecular weight excluding hydrogens is 244 g/mol. The molecule has 0 heterocycles. The molecule has 0 bridgehead atoms. The average Bonchev–Trinajstić information content (AvgIpc) is 2.40. The number of hydrogen-bond acceptors (Lipinski definition) is 1. The molecule has 1 N–H and O–H groups in total. The van der Waals surface area contributed by atoms with Crippen molar-refractivity contribution in [2.45, 2.75) is 98.5 Å². The number of aliphatic hydroxyl groups excluding tert-OH is 1. The first-order valence-corrected chi connectivity index (χ1v) is 9.09. The Balaban J connectivity index is 0.000000612. The summed E-state index contributed by atoms with van der Waals surface area (Å²) in [5.74, 6) is 2.73. The highest BCUT2D eigenvalue weighted by Crippen LogP contribution is 2.48. The predicted octanol–water partition coefficient (Wildman–Crippen LogP) is 5.81. The zero-order chi connectivity index (χ0) is 15.2. The highest BCUT2D eigenvalue weighted by Gasteiger charge is 2.39. The summed E-state index contributed by atoms with van der Waals surface area (Å²) < 4.78 is 0. The van der Waals surface area contributed by atoms with Crippen molar-refractivity contribution in [3.63, 3.8) is 0 Å². The molecule has 0 unspecified atom stereocenters. The second kappa shape index (κ2) is 8.41. The van der Waals surface area contributed by atoms with Gasteiger partial charge in [0.05, 0.1) is 6.10 Å². The average molecular weight is 283 g/mol. The summed E-state index contributed by atoms with van der Waals surface area (Å²) in [6, 6.07) is 0. The van der Waals surface area contributed by atoms with Gasteiger partial charge in [0.1, 0.15) is 0 Å². The van der Waals surface area contributed by atoms with Gasteiger partial charge in [-0.3, -0.25) is 0 Å². The Morgan fingerprint density at radius 1 is 0.800 bits per heavy atom. The fourth-order valence-corrected chi connectivity index (χ4v) is 4.16. The van der Waals surface area contributed by atoms with E-state index in [2.05, 4.69) is 34.6 Å². The third kappa shape index (κ3) is 5.06. The van der Waals surface area contributed by atoms with Gasteiger partial charge in [0, 0.05) is 0 Å². The molecule has 0 aliphatic heterocycles. The van der Waals surface area contributed by atoms with E-state index in [4.69, 9.17) is 0 Å². The van der Waals surface area contributed by atoms with Crippen LogP contribution in [-0.4, -0.2) is 11.2 Å². The van der Waals surface area contributed by atoms with Gasteiger partial charge in [-0.05, 0) is 61.7 Å². The van der Waals surface area contributed by atoms with E-state index in [1.54, 1.807) is 0 Å². The molecule has 2 aliphatic carbocycles. The molecule has 0 amide bonds. The molecule has 2 aliphatic rings. The predicted molar refractivity (Wildman–Crippen MR) is 88.8 cm³/mol. The minimum atomic E-state index is -0.00609. The van der Waals surface area contributed by atoms with Crippen molar-refractivity contribution in [2.24, 2.45) is 23.2 Å². The Morgan fingerprint density at radius 3 is 1.55 bits per heavy atom. The lowest BCUT2D eigenvalue weighted by Crippen LogP contribution is -2.37. The van der Waals surface area contributed by atoms with E-state index in [9.17, 15) is 5.11 Å². The number of hydrogen-bond donors (Lipinski definition) is 1. The summed E-state index contributed by atoms with van der Waals surface area (Å²) in [4.78, 5) is 0. The molecule has 2 fully saturated rings. The van der Waals surface area contributed by atoms with E-state index in [0.717, 1.165) is 30.6 Å². The van der Waals surface area contributed by atoms with Crippen molar-refractivity contribution in [3.8, 4) is 0 Å². The first kappa shape index (κ1) is 18.0. The van der Waals surface area contributed by atoms with Crippen LogP contribution in [0, 0.1) is 23.2 Å². The van der Waals surface area contributed by atoms with Crippen LogP contribution in [0.4, 0.5) is 0 Å². The van der Waals surface area contributed by atoms with Crippen LogP contribution in [0.3, 0.4) is 0 Å². The summed E-state index contributed by atoms with van der Waals surface area (Å²) >= 11 is 0. The van der Waals surface area contributed by atoms with Crippen LogP contribution in [0.25, 0.3) is 0 Å². The molecule has 0 aromatic rings. The lowest BCUT2D eigenvalue weighted by atomic mass is 9.60. The minimum Gasteiger partial charge on any atom is -0.393 e. The number of aliphatic hydroxyl groups is 1. The fraction of sp³-hybridized carbons (Fsp3) is 1.00. The first-order chi connectivity index (χ1) is 9.41. The van der Waals surface area contributed by atoms with Crippen LogP contribution in [0.2, 0.25) is 0 Å². The zero-order valence-corrected chi connectivity index (χ0v) is 14.6. The molecule has 0 radical (unpaired) electrons. The summed E-state index contributed by atoms with van der Waals surface area (Å²) in [5.41, 5.74) is 0.500. The van der Waals surface area contributed by atoms with Gasteiger partial charge in [0.25, 0.3) is 0 Å². The smallest absolute Gasteiger partial charge is 0.0540 e. The molecule has 0 aromatic heterocycles. The summed E-state index contributed by atoms with van der Waals surface area (Å²) in [6.45, 7) is 11.6. The molecule has 20 heavy (non-hydrogen) atoms. The Kier molecular flexibility index (Phi) is 7.58. The molecule has 2 rings (SSSR count). The van der Waals surface area contributed by atoms with Gasteiger partial charge in [0.2, 0.25) is 0 Å². The lowest BCUT2D eigenvalue weighted by Gasteiger charge is -2.46. The molecule has 0 spiro atoms. The molecule has 120 valence electrons. The second-order valence-corrected chi connectivity index (χ2v) is 7.99. The standard InChI is InChI=1S/C16H30O.C3H8/c1-12-4-6-13(7-5-12)16(2,3)14-8-10-15(17)11-9-14;1-3-2/h12-15,17H,4-11H2,1-3H3;3H2,1-2H3. The molecule has 1 nitrogen and oxygen atoms in total. The Bertz CT molecular complexity index is 218. The molecule has 0 aromatic carbocycles. The van der Waals surface area contributed by atoms with Gasteiger partial charge < -0.3 is 5.11 Å². The minimum absolute atomic E-state index is 0.00609. The maximum Gasteiger partial charge on any atom is 0.0540 e. The Hall–Kier alpha value is -0.0400. The van der Waals surface area contributed by atoms with Crippen molar-refractivity contribution in [3.05, 3.63) is 0 Å². The van der Waals surface area contributed by atoms with E-state index >= 15 is 0 Å². The maximum absolute atomic E-state index is 9.64. The fourth-order valence-electron chi connectivity index (χ4n) is 4.16. The van der Waals surface area contributed by atoms with Gasteiger partial charge in [-0.15, -0.1) is 0 Å². The second-order valence-electron chi connectivity index (χ2n) is 7.99. The van der Waals surface area contributed by atoms with Crippen molar-refractivity contribution >= 4 is 0 Å². The van der Waals surface area contributed by atoms with E-state index in [1.165, 1.54) is 44.9 Å². The van der Waals surface area contributed by atoms with Crippen LogP contribution in [0.5, 0.6) is 0 Å². The molecule has 1 heteroatoms. The van der Waals surface area contributed by atoms with Crippen LogP contribution in [0.1, 0.15) is 92.4 Å². The monoisotopic (exact) mass is 282 g/mol. The van der Waals surface area contributed by atoms with Crippen molar-refractivity contribution in [2.75, 3.05) is 0 Å². The lowest BCUT2D eigenvalue weighted by molar-refractivity contribution is 0.0173. The van der Waals surface area contributed by atoms with Gasteiger partial charge in [0.15, 0.2) is 0 Å². The quantitative estimate of drug-likeness (QED) is 0.678. The van der Waals surface area contributed by atoms with Gasteiger partial charge in [-0.2, -0.15) is 0 Å². The van der Waals surface area contributed by atoms with Gasteiger partial charge >= 0.3 is 0 Å². The van der Waals surface area contributed by atoms with E-state index in [-0.39, 0.29) is 6.10 Å². The van der Waals surface area contributed by atoms with Gasteiger partial charge in [-0.1, -0.05) is 53.9 Å². The largest absolute Gasteiger partial charge is 0.393 e. The third-order valence-electron chi connectivity index (χ3n) is 5.82. The summed E-state index contributed by atoms with van der Waals surface area (Å²) in [7, 11) is 0. The SMILES string of the molecule is CC1CCC(C(C)(C)C2CCC(O)CC2)CC1.CCC.